The number of methoxy groups -OCH3 is 1. The first-order valence-corrected chi connectivity index (χ1v) is 10.8. The largest absolute Gasteiger partial charge is 0.497 e. The Morgan fingerprint density at radius 2 is 2.09 bits per heavy atom. The van der Waals surface area contributed by atoms with Gasteiger partial charge in [0.05, 0.1) is 18.7 Å². The van der Waals surface area contributed by atoms with E-state index in [1.807, 2.05) is 54.3 Å². The quantitative estimate of drug-likeness (QED) is 0.425. The monoisotopic (exact) mass is 462 g/mol. The first kappa shape index (κ1) is 21.0. The molecule has 8 nitrogen and oxygen atoms in total. The lowest BCUT2D eigenvalue weighted by Gasteiger charge is -2.36. The molecule has 0 radical (unpaired) electrons. The number of hydrogen-bond acceptors (Lipinski definition) is 7. The molecule has 0 spiro atoms. The van der Waals surface area contributed by atoms with Gasteiger partial charge in [-0.25, -0.2) is 0 Å². The molecule has 168 valence electrons. The van der Waals surface area contributed by atoms with Gasteiger partial charge >= 0.3 is 0 Å². The van der Waals surface area contributed by atoms with Crippen LogP contribution in [-0.4, -0.2) is 40.6 Å². The van der Waals surface area contributed by atoms with E-state index in [9.17, 15) is 0 Å². The fourth-order valence-electron chi connectivity index (χ4n) is 3.96. The highest BCUT2D eigenvalue weighted by Gasteiger charge is 2.34. The highest BCUT2D eigenvalue weighted by atomic mass is 32.1. The van der Waals surface area contributed by atoms with Crippen molar-refractivity contribution in [3.63, 3.8) is 0 Å². The first-order chi connectivity index (χ1) is 16.1. The second kappa shape index (κ2) is 8.59. The van der Waals surface area contributed by atoms with Crippen molar-refractivity contribution in [1.82, 2.24) is 20.4 Å². The van der Waals surface area contributed by atoms with Crippen LogP contribution in [0.2, 0.25) is 0 Å². The van der Waals surface area contributed by atoms with Crippen molar-refractivity contribution < 1.29 is 18.7 Å². The van der Waals surface area contributed by atoms with Gasteiger partial charge in [-0.1, -0.05) is 23.4 Å². The number of thiocarbonyl (C=S) groups is 1. The molecule has 2 aliphatic heterocycles. The molecule has 1 aromatic heterocycles. The van der Waals surface area contributed by atoms with Gasteiger partial charge < -0.3 is 29.0 Å². The molecule has 0 fully saturated rings. The Bertz CT molecular complexity index is 1270. The van der Waals surface area contributed by atoms with E-state index < -0.39 is 0 Å². The number of hydrogen-bond donors (Lipinski definition) is 1. The zero-order valence-electron chi connectivity index (χ0n) is 18.2. The highest BCUT2D eigenvalue weighted by molar-refractivity contribution is 7.80. The van der Waals surface area contributed by atoms with Crippen LogP contribution in [0.4, 0.5) is 0 Å². The average molecular weight is 463 g/mol. The third-order valence-electron chi connectivity index (χ3n) is 5.62. The van der Waals surface area contributed by atoms with E-state index in [0.717, 1.165) is 28.1 Å². The zero-order valence-corrected chi connectivity index (χ0v) is 19.0. The van der Waals surface area contributed by atoms with Gasteiger partial charge in [-0.3, -0.25) is 0 Å². The Hall–Kier alpha value is -3.85. The van der Waals surface area contributed by atoms with Crippen LogP contribution in [0, 0.1) is 0 Å². The van der Waals surface area contributed by atoms with E-state index in [2.05, 4.69) is 17.1 Å². The normalized spacial score (nSPS) is 17.2. The summed E-state index contributed by atoms with van der Waals surface area (Å²) in [6, 6.07) is 13.1. The summed E-state index contributed by atoms with van der Waals surface area (Å²) in [5, 5.41) is 8.24. The van der Waals surface area contributed by atoms with Gasteiger partial charge in [-0.15, -0.1) is 6.58 Å². The standard InChI is InChI=1S/C24H22N4O4S/c1-4-10-28-14(2)20(21(25-24(28)33)15-6-5-7-17(11-15)29-3)23-26-22(27-32-23)16-8-9-18-19(12-16)31-13-30-18/h4-9,11-12,21H,1,10,13H2,2-3H3,(H,25,33). The molecule has 9 heteroatoms. The third kappa shape index (κ3) is 3.80. The van der Waals surface area contributed by atoms with Gasteiger partial charge in [0.15, 0.2) is 16.6 Å². The zero-order chi connectivity index (χ0) is 22.9. The van der Waals surface area contributed by atoms with Crippen LogP contribution in [0.25, 0.3) is 17.0 Å². The maximum Gasteiger partial charge on any atom is 0.258 e. The van der Waals surface area contributed by atoms with E-state index in [1.165, 1.54) is 0 Å². The maximum atomic E-state index is 5.76. The van der Waals surface area contributed by atoms with E-state index in [0.29, 0.717) is 34.9 Å². The molecule has 0 aliphatic carbocycles. The Morgan fingerprint density at radius 3 is 2.91 bits per heavy atom. The van der Waals surface area contributed by atoms with Gasteiger partial charge in [0.1, 0.15) is 5.75 Å². The third-order valence-corrected chi connectivity index (χ3v) is 5.96. The highest BCUT2D eigenvalue weighted by Crippen LogP contribution is 2.39. The second-order valence-corrected chi connectivity index (χ2v) is 7.94. The van der Waals surface area contributed by atoms with Crippen LogP contribution in [0.1, 0.15) is 24.4 Å². The average Bonchev–Trinajstić information content (AvgIpc) is 3.50. The van der Waals surface area contributed by atoms with Crippen molar-refractivity contribution in [1.29, 1.82) is 0 Å². The maximum absolute atomic E-state index is 5.76. The van der Waals surface area contributed by atoms with E-state index in [4.69, 9.17) is 35.9 Å². The summed E-state index contributed by atoms with van der Waals surface area (Å²) in [6.45, 7) is 6.60. The Balaban J connectivity index is 1.59. The second-order valence-electron chi connectivity index (χ2n) is 7.55. The Labute approximate surface area is 196 Å². The van der Waals surface area contributed by atoms with Crippen LogP contribution < -0.4 is 19.5 Å². The summed E-state index contributed by atoms with van der Waals surface area (Å²) in [5.74, 6) is 2.96. The molecule has 0 bridgehead atoms. The van der Waals surface area contributed by atoms with Crippen LogP contribution in [-0.2, 0) is 0 Å². The van der Waals surface area contributed by atoms with Gasteiger partial charge in [0.2, 0.25) is 12.6 Å². The van der Waals surface area contributed by atoms with Crippen molar-refractivity contribution in [2.45, 2.75) is 13.0 Å². The molecule has 1 N–H and O–H groups in total. The summed E-state index contributed by atoms with van der Waals surface area (Å²) in [6.07, 6.45) is 1.80. The molecular formula is C24H22N4O4S. The van der Waals surface area contributed by atoms with Crippen LogP contribution in [0.15, 0.2) is 65.3 Å². The number of allylic oxidation sites excluding steroid dienone is 1. The summed E-state index contributed by atoms with van der Waals surface area (Å²) in [4.78, 5) is 6.68. The molecule has 0 amide bonds. The molecule has 2 aromatic carbocycles. The Kier molecular flexibility index (Phi) is 5.47. The summed E-state index contributed by atoms with van der Waals surface area (Å²) in [7, 11) is 1.64. The predicted octanol–water partition coefficient (Wildman–Crippen LogP) is 4.32. The van der Waals surface area contributed by atoms with Crippen molar-refractivity contribution in [3.05, 3.63) is 72.3 Å². The number of benzene rings is 2. The van der Waals surface area contributed by atoms with Crippen LogP contribution >= 0.6 is 12.2 Å². The molecule has 0 saturated heterocycles. The number of ether oxygens (including phenoxy) is 3. The van der Waals surface area contributed by atoms with Crippen molar-refractivity contribution in [2.24, 2.45) is 0 Å². The molecule has 2 aliphatic rings. The van der Waals surface area contributed by atoms with Crippen LogP contribution in [0.5, 0.6) is 17.2 Å². The predicted molar refractivity (Wildman–Crippen MR) is 127 cm³/mol. The van der Waals surface area contributed by atoms with E-state index in [1.54, 1.807) is 13.2 Å². The molecular weight excluding hydrogens is 440 g/mol. The lowest BCUT2D eigenvalue weighted by molar-refractivity contribution is 0.174. The van der Waals surface area contributed by atoms with E-state index in [-0.39, 0.29) is 12.8 Å². The lowest BCUT2D eigenvalue weighted by atomic mass is 9.94. The fourth-order valence-corrected chi connectivity index (χ4v) is 4.29. The molecule has 5 rings (SSSR count). The number of fused-ring (bicyclic) bond motifs is 1. The fraction of sp³-hybridized carbons (Fsp3) is 0.208. The molecule has 0 saturated carbocycles. The number of aromatic nitrogens is 2. The number of nitrogens with zero attached hydrogens (tertiary/aromatic N) is 3. The van der Waals surface area contributed by atoms with Gasteiger partial charge in [-0.05, 0) is 55.0 Å². The summed E-state index contributed by atoms with van der Waals surface area (Å²) >= 11 is 5.65. The topological polar surface area (TPSA) is 81.9 Å². The van der Waals surface area contributed by atoms with Gasteiger partial charge in [0, 0.05) is 17.8 Å². The Morgan fingerprint density at radius 1 is 1.24 bits per heavy atom. The van der Waals surface area contributed by atoms with Gasteiger partial charge in [-0.2, -0.15) is 4.98 Å². The lowest BCUT2D eigenvalue weighted by Crippen LogP contribution is -2.45. The number of nitrogens with one attached hydrogen (secondary N) is 1. The molecule has 3 heterocycles. The minimum absolute atomic E-state index is 0.204. The molecule has 1 atom stereocenters. The van der Waals surface area contributed by atoms with Crippen molar-refractivity contribution >= 4 is 22.9 Å². The van der Waals surface area contributed by atoms with Gasteiger partial charge in [0.25, 0.3) is 5.89 Å². The molecule has 3 aromatic rings. The minimum atomic E-state index is -0.293. The first-order valence-electron chi connectivity index (χ1n) is 10.4. The van der Waals surface area contributed by atoms with Crippen molar-refractivity contribution in [2.75, 3.05) is 20.4 Å². The van der Waals surface area contributed by atoms with Crippen LogP contribution in [0.3, 0.4) is 0 Å². The number of rotatable bonds is 6. The summed E-state index contributed by atoms with van der Waals surface area (Å²) in [5.41, 5.74) is 3.48. The van der Waals surface area contributed by atoms with Crippen molar-refractivity contribution in [3.8, 4) is 28.6 Å². The summed E-state index contributed by atoms with van der Waals surface area (Å²) < 4.78 is 22.1. The van der Waals surface area contributed by atoms with E-state index >= 15 is 0 Å². The SMILES string of the molecule is C=CCN1C(=S)NC(c2cccc(OC)c2)C(c2nc(-c3ccc4c(c3)OCO4)no2)=C1C. The smallest absolute Gasteiger partial charge is 0.258 e. The molecule has 33 heavy (non-hydrogen) atoms. The minimum Gasteiger partial charge on any atom is -0.497 e. The molecule has 1 unspecified atom stereocenters.